The van der Waals surface area contributed by atoms with Crippen molar-refractivity contribution >= 4 is 28.1 Å². The quantitative estimate of drug-likeness (QED) is 0.500. The molecule has 0 aromatic heterocycles. The lowest BCUT2D eigenvalue weighted by Crippen LogP contribution is -2.01. The molecule has 3 aromatic rings. The average molecular weight is 320 g/mol. The molecule has 3 N–H and O–H groups in total. The molecule has 0 atom stereocenters. The number of carboxylic acids is 1. The zero-order valence-electron chi connectivity index (χ0n) is 13.0. The van der Waals surface area contributed by atoms with E-state index in [1.54, 1.807) is 19.1 Å². The van der Waals surface area contributed by atoms with Crippen LogP contribution in [0, 0.1) is 0 Å². The molecular formula is C19H16N2O3. The number of hydrazone groups is 1. The summed E-state index contributed by atoms with van der Waals surface area (Å²) in [6, 6.07) is 17.6. The Hall–Kier alpha value is -3.34. The molecule has 0 fully saturated rings. The Kier molecular flexibility index (Phi) is 4.16. The van der Waals surface area contributed by atoms with Gasteiger partial charge in [-0.3, -0.25) is 5.43 Å². The Morgan fingerprint density at radius 1 is 1.00 bits per heavy atom. The zero-order chi connectivity index (χ0) is 17.1. The molecule has 0 saturated heterocycles. The van der Waals surface area contributed by atoms with Crippen LogP contribution >= 0.6 is 0 Å². The van der Waals surface area contributed by atoms with Crippen molar-refractivity contribution in [1.29, 1.82) is 0 Å². The largest absolute Gasteiger partial charge is 0.507 e. The molecule has 3 aromatic carbocycles. The number of carboxylic acid groups (broad SMARTS) is 1. The summed E-state index contributed by atoms with van der Waals surface area (Å²) in [5.41, 5.74) is 5.02. The second-order valence-corrected chi connectivity index (χ2v) is 5.37. The van der Waals surface area contributed by atoms with Crippen LogP contribution in [0.4, 0.5) is 5.69 Å². The Labute approximate surface area is 138 Å². The van der Waals surface area contributed by atoms with Gasteiger partial charge in [-0.05, 0) is 42.6 Å². The number of rotatable bonds is 4. The van der Waals surface area contributed by atoms with Crippen LogP contribution in [0.1, 0.15) is 22.8 Å². The Bertz CT molecular complexity index is 931. The van der Waals surface area contributed by atoms with Crippen molar-refractivity contribution in [2.75, 3.05) is 5.43 Å². The van der Waals surface area contributed by atoms with E-state index in [4.69, 9.17) is 5.11 Å². The van der Waals surface area contributed by atoms with Crippen molar-refractivity contribution in [2.24, 2.45) is 5.10 Å². The van der Waals surface area contributed by atoms with Crippen LogP contribution in [-0.2, 0) is 0 Å². The highest BCUT2D eigenvalue weighted by atomic mass is 16.4. The summed E-state index contributed by atoms with van der Waals surface area (Å²) >= 11 is 0. The predicted octanol–water partition coefficient (Wildman–Crippen LogP) is 4.08. The minimum absolute atomic E-state index is 0.192. The zero-order valence-corrected chi connectivity index (χ0v) is 13.0. The first-order valence-electron chi connectivity index (χ1n) is 7.41. The van der Waals surface area contributed by atoms with Crippen LogP contribution in [0.25, 0.3) is 10.8 Å². The van der Waals surface area contributed by atoms with E-state index in [2.05, 4.69) is 10.5 Å². The number of nitrogens with zero attached hydrogens (tertiary/aromatic N) is 1. The van der Waals surface area contributed by atoms with Gasteiger partial charge in [0.15, 0.2) is 0 Å². The summed E-state index contributed by atoms with van der Waals surface area (Å²) in [5, 5.41) is 25.3. The summed E-state index contributed by atoms with van der Waals surface area (Å²) in [6.45, 7) is 1.79. The normalized spacial score (nSPS) is 11.5. The van der Waals surface area contributed by atoms with Crippen LogP contribution in [0.3, 0.4) is 0 Å². The predicted molar refractivity (Wildman–Crippen MR) is 94.8 cm³/mol. The van der Waals surface area contributed by atoms with Gasteiger partial charge in [0.05, 0.1) is 17.0 Å². The summed E-state index contributed by atoms with van der Waals surface area (Å²) < 4.78 is 0. The van der Waals surface area contributed by atoms with Gasteiger partial charge in [-0.25, -0.2) is 4.79 Å². The Balaban J connectivity index is 1.85. The molecular weight excluding hydrogens is 304 g/mol. The third-order valence-electron chi connectivity index (χ3n) is 3.77. The minimum Gasteiger partial charge on any atom is -0.507 e. The van der Waals surface area contributed by atoms with Crippen molar-refractivity contribution in [1.82, 2.24) is 0 Å². The molecule has 24 heavy (non-hydrogen) atoms. The van der Waals surface area contributed by atoms with Gasteiger partial charge in [0.25, 0.3) is 0 Å². The highest BCUT2D eigenvalue weighted by molar-refractivity contribution is 6.06. The van der Waals surface area contributed by atoms with Crippen LogP contribution in [0.5, 0.6) is 5.75 Å². The molecule has 5 heteroatoms. The molecule has 0 aliphatic rings. The molecule has 0 unspecified atom stereocenters. The first kappa shape index (κ1) is 15.6. The highest BCUT2D eigenvalue weighted by Gasteiger charge is 2.09. The molecule has 5 nitrogen and oxygen atoms in total. The van der Waals surface area contributed by atoms with E-state index < -0.39 is 5.97 Å². The standard InChI is InChI=1S/C19H16N2O3/c1-12(20-21-15-9-6-14(7-10-15)19(23)24)16-11-8-13-4-2-3-5-17(13)18(16)22/h2-11,21-22H,1H3,(H,23,24)/b20-12-. The number of fused-ring (bicyclic) bond motifs is 1. The second-order valence-electron chi connectivity index (χ2n) is 5.37. The van der Waals surface area contributed by atoms with Crippen LogP contribution in [0.15, 0.2) is 65.8 Å². The number of carbonyl (C=O) groups is 1. The van der Waals surface area contributed by atoms with E-state index in [0.717, 1.165) is 10.8 Å². The number of phenolic OH excluding ortho intramolecular Hbond substituents is 1. The fraction of sp³-hybridized carbons (Fsp3) is 0.0526. The lowest BCUT2D eigenvalue weighted by molar-refractivity contribution is 0.0697. The van der Waals surface area contributed by atoms with E-state index in [1.165, 1.54) is 12.1 Å². The lowest BCUT2D eigenvalue weighted by Gasteiger charge is -2.08. The lowest BCUT2D eigenvalue weighted by atomic mass is 10.0. The van der Waals surface area contributed by atoms with Gasteiger partial charge in [0.2, 0.25) is 0 Å². The maximum atomic E-state index is 10.8. The second kappa shape index (κ2) is 6.42. The van der Waals surface area contributed by atoms with E-state index in [0.29, 0.717) is 17.0 Å². The molecule has 120 valence electrons. The third-order valence-corrected chi connectivity index (χ3v) is 3.77. The van der Waals surface area contributed by atoms with Crippen molar-refractivity contribution in [3.63, 3.8) is 0 Å². The van der Waals surface area contributed by atoms with Gasteiger partial charge in [0, 0.05) is 10.9 Å². The summed E-state index contributed by atoms with van der Waals surface area (Å²) in [5.74, 6) is -0.778. The first-order chi connectivity index (χ1) is 11.6. The minimum atomic E-state index is -0.970. The Morgan fingerprint density at radius 2 is 1.71 bits per heavy atom. The molecule has 0 heterocycles. The van der Waals surface area contributed by atoms with Gasteiger partial charge in [0.1, 0.15) is 5.75 Å². The van der Waals surface area contributed by atoms with E-state index in [-0.39, 0.29) is 11.3 Å². The fourth-order valence-electron chi connectivity index (χ4n) is 2.44. The smallest absolute Gasteiger partial charge is 0.335 e. The number of nitrogens with one attached hydrogen (secondary N) is 1. The number of aromatic carboxylic acids is 1. The van der Waals surface area contributed by atoms with Crippen LogP contribution < -0.4 is 5.43 Å². The number of hydrogen-bond donors (Lipinski definition) is 3. The van der Waals surface area contributed by atoms with Crippen molar-refractivity contribution < 1.29 is 15.0 Å². The molecule has 0 radical (unpaired) electrons. The number of phenols is 1. The molecule has 0 amide bonds. The van der Waals surface area contributed by atoms with Gasteiger partial charge in [-0.1, -0.05) is 30.3 Å². The molecule has 0 saturated carbocycles. The third kappa shape index (κ3) is 3.05. The van der Waals surface area contributed by atoms with Gasteiger partial charge in [-0.15, -0.1) is 0 Å². The average Bonchev–Trinajstić information content (AvgIpc) is 2.60. The molecule has 0 bridgehead atoms. The van der Waals surface area contributed by atoms with E-state index >= 15 is 0 Å². The van der Waals surface area contributed by atoms with Crippen molar-refractivity contribution in [3.05, 3.63) is 71.8 Å². The van der Waals surface area contributed by atoms with Crippen molar-refractivity contribution in [2.45, 2.75) is 6.92 Å². The molecule has 0 spiro atoms. The van der Waals surface area contributed by atoms with Crippen molar-refractivity contribution in [3.8, 4) is 5.75 Å². The fourth-order valence-corrected chi connectivity index (χ4v) is 2.44. The topological polar surface area (TPSA) is 81.9 Å². The molecule has 0 aliphatic heterocycles. The maximum absolute atomic E-state index is 10.8. The summed E-state index contributed by atoms with van der Waals surface area (Å²) in [6.07, 6.45) is 0. The van der Waals surface area contributed by atoms with E-state index in [1.807, 2.05) is 36.4 Å². The number of aromatic hydroxyl groups is 1. The van der Waals surface area contributed by atoms with Gasteiger partial charge in [-0.2, -0.15) is 5.10 Å². The Morgan fingerprint density at radius 3 is 2.42 bits per heavy atom. The number of benzene rings is 3. The molecule has 0 aliphatic carbocycles. The summed E-state index contributed by atoms with van der Waals surface area (Å²) in [7, 11) is 0. The summed E-state index contributed by atoms with van der Waals surface area (Å²) in [4.78, 5) is 10.8. The van der Waals surface area contributed by atoms with Gasteiger partial charge >= 0.3 is 5.97 Å². The maximum Gasteiger partial charge on any atom is 0.335 e. The number of hydrogen-bond acceptors (Lipinski definition) is 4. The van der Waals surface area contributed by atoms with Gasteiger partial charge < -0.3 is 10.2 Å². The highest BCUT2D eigenvalue weighted by Crippen LogP contribution is 2.29. The monoisotopic (exact) mass is 320 g/mol. The number of anilines is 1. The first-order valence-corrected chi connectivity index (χ1v) is 7.41. The SMILES string of the molecule is C/C(=N/Nc1ccc(C(=O)O)cc1)c1ccc2ccccc2c1O. The van der Waals surface area contributed by atoms with Crippen LogP contribution in [-0.4, -0.2) is 21.9 Å². The van der Waals surface area contributed by atoms with E-state index in [9.17, 15) is 9.90 Å². The molecule has 3 rings (SSSR count). The van der Waals surface area contributed by atoms with Crippen LogP contribution in [0.2, 0.25) is 0 Å².